The molecule has 1 aliphatic rings. The summed E-state index contributed by atoms with van der Waals surface area (Å²) in [5.74, 6) is 0. The molecule has 0 amide bonds. The minimum absolute atomic E-state index is 0.0167. The highest BCUT2D eigenvalue weighted by molar-refractivity contribution is 7.88. The standard InChI is InChI=1S/C12H15N3O5S/c1-21(19,20)14-7-5-13(6-8-14)11-4-2-3-10(9-16)12(11)15(17)18/h2-4,9H,5-8H2,1H3. The Kier molecular flexibility index (Phi) is 4.24. The Bertz CT molecular complexity index is 665. The predicted molar refractivity (Wildman–Crippen MR) is 77.1 cm³/mol. The van der Waals surface area contributed by atoms with Gasteiger partial charge in [0.2, 0.25) is 10.0 Å². The molecule has 21 heavy (non-hydrogen) atoms. The topological polar surface area (TPSA) is 101 Å². The zero-order valence-corrected chi connectivity index (χ0v) is 12.2. The SMILES string of the molecule is CS(=O)(=O)N1CCN(c2cccc(C=O)c2[N+](=O)[O-])CC1. The van der Waals surface area contributed by atoms with E-state index in [1.807, 2.05) is 0 Å². The highest BCUT2D eigenvalue weighted by Crippen LogP contribution is 2.31. The lowest BCUT2D eigenvalue weighted by molar-refractivity contribution is -0.384. The largest absolute Gasteiger partial charge is 0.363 e. The van der Waals surface area contributed by atoms with Crippen LogP contribution in [0.2, 0.25) is 0 Å². The molecule has 0 unspecified atom stereocenters. The molecule has 0 radical (unpaired) electrons. The molecule has 1 heterocycles. The van der Waals surface area contributed by atoms with Gasteiger partial charge >= 0.3 is 5.69 Å². The number of carbonyl (C=O) groups excluding carboxylic acids is 1. The molecule has 1 aromatic rings. The van der Waals surface area contributed by atoms with Gasteiger partial charge in [-0.05, 0) is 12.1 Å². The number of benzene rings is 1. The average Bonchev–Trinajstić information content (AvgIpc) is 2.45. The number of nitrogens with zero attached hydrogens (tertiary/aromatic N) is 3. The maximum Gasteiger partial charge on any atom is 0.302 e. The van der Waals surface area contributed by atoms with Crippen molar-refractivity contribution in [3.63, 3.8) is 0 Å². The van der Waals surface area contributed by atoms with Crippen molar-refractivity contribution in [2.75, 3.05) is 37.3 Å². The van der Waals surface area contributed by atoms with Crippen LogP contribution in [0.5, 0.6) is 0 Å². The van der Waals surface area contributed by atoms with Crippen molar-refractivity contribution >= 4 is 27.7 Å². The van der Waals surface area contributed by atoms with Crippen LogP contribution >= 0.6 is 0 Å². The van der Waals surface area contributed by atoms with Crippen molar-refractivity contribution in [3.05, 3.63) is 33.9 Å². The maximum absolute atomic E-state index is 11.5. The highest BCUT2D eigenvalue weighted by Gasteiger charge is 2.28. The Morgan fingerprint density at radius 1 is 1.24 bits per heavy atom. The van der Waals surface area contributed by atoms with Gasteiger partial charge in [0, 0.05) is 26.2 Å². The first kappa shape index (κ1) is 15.4. The summed E-state index contributed by atoms with van der Waals surface area (Å²) in [5.41, 5.74) is 0.126. The van der Waals surface area contributed by atoms with Crippen LogP contribution in [0.1, 0.15) is 10.4 Å². The molecule has 0 atom stereocenters. The monoisotopic (exact) mass is 313 g/mol. The molecule has 1 aromatic carbocycles. The Labute approximate surface area is 122 Å². The zero-order valence-electron chi connectivity index (χ0n) is 11.4. The average molecular weight is 313 g/mol. The number of aldehydes is 1. The number of nitro benzene ring substituents is 1. The van der Waals surface area contributed by atoms with E-state index in [2.05, 4.69) is 0 Å². The summed E-state index contributed by atoms with van der Waals surface area (Å²) in [4.78, 5) is 23.3. The van der Waals surface area contributed by atoms with E-state index in [-0.39, 0.29) is 24.3 Å². The molecule has 114 valence electrons. The van der Waals surface area contributed by atoms with Gasteiger partial charge in [-0.15, -0.1) is 0 Å². The quantitative estimate of drug-likeness (QED) is 0.455. The number of carbonyl (C=O) groups is 1. The lowest BCUT2D eigenvalue weighted by Crippen LogP contribution is -2.48. The molecular weight excluding hydrogens is 298 g/mol. The number of anilines is 1. The molecule has 9 heteroatoms. The molecule has 0 aromatic heterocycles. The minimum atomic E-state index is -3.25. The van der Waals surface area contributed by atoms with Crippen LogP contribution < -0.4 is 4.90 Å². The first-order valence-corrected chi connectivity index (χ1v) is 8.12. The van der Waals surface area contributed by atoms with Crippen molar-refractivity contribution in [2.24, 2.45) is 0 Å². The number of para-hydroxylation sites is 1. The fourth-order valence-electron chi connectivity index (χ4n) is 2.36. The van der Waals surface area contributed by atoms with Crippen molar-refractivity contribution < 1.29 is 18.1 Å². The predicted octanol–water partition coefficient (Wildman–Crippen LogP) is 0.489. The van der Waals surface area contributed by atoms with Gasteiger partial charge in [-0.2, -0.15) is 4.31 Å². The number of sulfonamides is 1. The van der Waals surface area contributed by atoms with E-state index >= 15 is 0 Å². The Hall–Kier alpha value is -2.00. The van der Waals surface area contributed by atoms with Gasteiger partial charge < -0.3 is 4.90 Å². The summed E-state index contributed by atoms with van der Waals surface area (Å²) in [6, 6.07) is 4.54. The third kappa shape index (κ3) is 3.19. The second kappa shape index (κ2) is 5.78. The Morgan fingerprint density at radius 2 is 1.86 bits per heavy atom. The molecule has 8 nitrogen and oxygen atoms in total. The molecule has 0 aliphatic carbocycles. The first-order chi connectivity index (χ1) is 9.84. The van der Waals surface area contributed by atoms with Crippen LogP contribution in [0.4, 0.5) is 11.4 Å². The van der Waals surface area contributed by atoms with E-state index in [0.29, 0.717) is 25.1 Å². The zero-order chi connectivity index (χ0) is 15.6. The molecule has 0 bridgehead atoms. The summed E-state index contributed by atoms with van der Waals surface area (Å²) in [6.45, 7) is 1.22. The van der Waals surface area contributed by atoms with Gasteiger partial charge in [-0.25, -0.2) is 8.42 Å². The number of nitro groups is 1. The van der Waals surface area contributed by atoms with Crippen molar-refractivity contribution in [1.82, 2.24) is 4.31 Å². The second-order valence-corrected chi connectivity index (χ2v) is 6.72. The molecule has 1 aliphatic heterocycles. The van der Waals surface area contributed by atoms with Gasteiger partial charge in [-0.1, -0.05) is 6.07 Å². The second-order valence-electron chi connectivity index (χ2n) is 4.74. The third-order valence-corrected chi connectivity index (χ3v) is 4.71. The molecule has 0 N–H and O–H groups in total. The number of piperazine rings is 1. The minimum Gasteiger partial charge on any atom is -0.363 e. The smallest absolute Gasteiger partial charge is 0.302 e. The van der Waals surface area contributed by atoms with Crippen molar-refractivity contribution in [2.45, 2.75) is 0 Å². The molecule has 0 saturated carbocycles. The molecule has 1 saturated heterocycles. The summed E-state index contributed by atoms with van der Waals surface area (Å²) in [6.07, 6.45) is 1.59. The van der Waals surface area contributed by atoms with E-state index < -0.39 is 14.9 Å². The van der Waals surface area contributed by atoms with Crippen LogP contribution in [0.15, 0.2) is 18.2 Å². The van der Waals surface area contributed by atoms with Gasteiger partial charge in [0.1, 0.15) is 5.69 Å². The summed E-state index contributed by atoms with van der Waals surface area (Å²) in [7, 11) is -3.25. The summed E-state index contributed by atoms with van der Waals surface area (Å²) >= 11 is 0. The molecule has 0 spiro atoms. The lowest BCUT2D eigenvalue weighted by atomic mass is 10.1. The van der Waals surface area contributed by atoms with Crippen LogP contribution in [0.3, 0.4) is 0 Å². The normalized spacial score (nSPS) is 16.7. The number of hydrogen-bond acceptors (Lipinski definition) is 6. The Balaban J connectivity index is 2.29. The van der Waals surface area contributed by atoms with E-state index in [0.717, 1.165) is 6.26 Å². The molecular formula is C12H15N3O5S. The number of hydrogen-bond donors (Lipinski definition) is 0. The fourth-order valence-corrected chi connectivity index (χ4v) is 3.19. The third-order valence-electron chi connectivity index (χ3n) is 3.40. The summed E-state index contributed by atoms with van der Waals surface area (Å²) in [5, 5.41) is 11.2. The Morgan fingerprint density at radius 3 is 2.33 bits per heavy atom. The lowest BCUT2D eigenvalue weighted by Gasteiger charge is -2.34. The van der Waals surface area contributed by atoms with Gasteiger partial charge in [0.25, 0.3) is 0 Å². The summed E-state index contributed by atoms with van der Waals surface area (Å²) < 4.78 is 24.2. The van der Waals surface area contributed by atoms with E-state index in [1.165, 1.54) is 10.4 Å². The van der Waals surface area contributed by atoms with Crippen LogP contribution in [0.25, 0.3) is 0 Å². The van der Waals surface area contributed by atoms with Crippen molar-refractivity contribution in [1.29, 1.82) is 0 Å². The van der Waals surface area contributed by atoms with Gasteiger partial charge in [0.05, 0.1) is 16.7 Å². The number of rotatable bonds is 4. The van der Waals surface area contributed by atoms with Crippen LogP contribution in [0, 0.1) is 10.1 Å². The van der Waals surface area contributed by atoms with Gasteiger partial charge in [0.15, 0.2) is 6.29 Å². The fraction of sp³-hybridized carbons (Fsp3) is 0.417. The maximum atomic E-state index is 11.5. The van der Waals surface area contributed by atoms with Crippen LogP contribution in [-0.4, -0.2) is 56.4 Å². The highest BCUT2D eigenvalue weighted by atomic mass is 32.2. The van der Waals surface area contributed by atoms with Gasteiger partial charge in [-0.3, -0.25) is 14.9 Å². The molecule has 2 rings (SSSR count). The van der Waals surface area contributed by atoms with E-state index in [1.54, 1.807) is 17.0 Å². The van der Waals surface area contributed by atoms with E-state index in [9.17, 15) is 23.3 Å². The molecule has 1 fully saturated rings. The van der Waals surface area contributed by atoms with E-state index in [4.69, 9.17) is 0 Å². The van der Waals surface area contributed by atoms with Crippen molar-refractivity contribution in [3.8, 4) is 0 Å². The van der Waals surface area contributed by atoms with Crippen LogP contribution in [-0.2, 0) is 10.0 Å². The first-order valence-electron chi connectivity index (χ1n) is 6.27.